The van der Waals surface area contributed by atoms with Gasteiger partial charge in [-0.15, -0.1) is 0 Å². The lowest BCUT2D eigenvalue weighted by atomic mass is 9.86. The highest BCUT2D eigenvalue weighted by molar-refractivity contribution is 5.92. The minimum absolute atomic E-state index is 0.0265. The summed E-state index contributed by atoms with van der Waals surface area (Å²) in [6.45, 7) is 0.718. The van der Waals surface area contributed by atoms with Crippen LogP contribution in [0, 0.1) is 5.92 Å². The second kappa shape index (κ2) is 8.48. The Morgan fingerprint density at radius 2 is 2.00 bits per heavy atom. The van der Waals surface area contributed by atoms with Crippen molar-refractivity contribution in [3.05, 3.63) is 47.8 Å². The Balaban J connectivity index is 1.53. The van der Waals surface area contributed by atoms with Crippen LogP contribution in [0.2, 0.25) is 0 Å². The number of fused-ring (bicyclic) bond motifs is 2. The number of aromatic nitrogens is 3. The molecule has 5 rings (SSSR count). The first-order valence-electron chi connectivity index (χ1n) is 11.2. The maximum Gasteiger partial charge on any atom is 0.308 e. The number of rotatable bonds is 4. The van der Waals surface area contributed by atoms with Crippen molar-refractivity contribution >= 4 is 28.4 Å². The molecule has 0 amide bonds. The number of carbonyl (C=O) groups excluding carboxylic acids is 1. The van der Waals surface area contributed by atoms with Gasteiger partial charge in [-0.1, -0.05) is 12.1 Å². The molecule has 2 aliphatic rings. The van der Waals surface area contributed by atoms with Gasteiger partial charge < -0.3 is 9.64 Å². The summed E-state index contributed by atoms with van der Waals surface area (Å²) in [7, 11) is 1.44. The highest BCUT2D eigenvalue weighted by atomic mass is 19.3. The maximum absolute atomic E-state index is 13.4. The number of aryl methyl sites for hydroxylation is 1. The fraction of sp³-hybridized carbons (Fsp3) is 0.458. The van der Waals surface area contributed by atoms with Gasteiger partial charge in [0.15, 0.2) is 5.82 Å². The lowest BCUT2D eigenvalue weighted by molar-refractivity contribution is -0.146. The lowest BCUT2D eigenvalue weighted by Crippen LogP contribution is -2.26. The SMILES string of the molecule is COC(=O)C1CCC(n2nc(N3CCCc4ccc(C(F)F)cc43)c3cnccc32)CC1. The zero-order chi connectivity index (χ0) is 22.2. The minimum atomic E-state index is -2.51. The lowest BCUT2D eigenvalue weighted by Gasteiger charge is -2.30. The molecule has 3 heterocycles. The summed E-state index contributed by atoms with van der Waals surface area (Å²) in [5, 5.41) is 5.91. The van der Waals surface area contributed by atoms with E-state index in [2.05, 4.69) is 9.88 Å². The van der Waals surface area contributed by atoms with Crippen molar-refractivity contribution in [2.24, 2.45) is 5.92 Å². The van der Waals surface area contributed by atoms with Crippen LogP contribution in [-0.2, 0) is 16.0 Å². The number of anilines is 2. The number of nitrogens with zero attached hydrogens (tertiary/aromatic N) is 4. The molecule has 0 bridgehead atoms. The van der Waals surface area contributed by atoms with E-state index in [0.717, 1.165) is 73.0 Å². The van der Waals surface area contributed by atoms with Crippen LogP contribution in [-0.4, -0.2) is 34.4 Å². The number of carbonyl (C=O) groups is 1. The van der Waals surface area contributed by atoms with Gasteiger partial charge in [-0.05, 0) is 56.2 Å². The molecule has 1 aliphatic heterocycles. The molecule has 1 saturated carbocycles. The molecule has 2 aromatic heterocycles. The van der Waals surface area contributed by atoms with E-state index in [0.29, 0.717) is 0 Å². The van der Waals surface area contributed by atoms with E-state index in [-0.39, 0.29) is 23.5 Å². The van der Waals surface area contributed by atoms with Gasteiger partial charge in [0, 0.05) is 30.2 Å². The normalized spacial score (nSPS) is 21.1. The number of alkyl halides is 2. The second-order valence-electron chi connectivity index (χ2n) is 8.63. The Kier molecular flexibility index (Phi) is 5.53. The van der Waals surface area contributed by atoms with Crippen molar-refractivity contribution in [1.82, 2.24) is 14.8 Å². The van der Waals surface area contributed by atoms with Crippen LogP contribution in [0.1, 0.15) is 55.7 Å². The van der Waals surface area contributed by atoms with Crippen molar-refractivity contribution in [1.29, 1.82) is 0 Å². The number of halogens is 2. The van der Waals surface area contributed by atoms with Gasteiger partial charge in [0.2, 0.25) is 0 Å². The van der Waals surface area contributed by atoms with Crippen LogP contribution < -0.4 is 4.90 Å². The molecule has 0 spiro atoms. The predicted octanol–water partition coefficient (Wildman–Crippen LogP) is 5.36. The van der Waals surface area contributed by atoms with Gasteiger partial charge in [-0.3, -0.25) is 14.5 Å². The van der Waals surface area contributed by atoms with Crippen molar-refractivity contribution in [2.45, 2.75) is 51.0 Å². The number of methoxy groups -OCH3 is 1. The molecule has 0 N–H and O–H groups in total. The van der Waals surface area contributed by atoms with Crippen LogP contribution in [0.3, 0.4) is 0 Å². The zero-order valence-electron chi connectivity index (χ0n) is 18.0. The first-order chi connectivity index (χ1) is 15.6. The van der Waals surface area contributed by atoms with Gasteiger partial charge in [0.05, 0.1) is 30.0 Å². The van der Waals surface area contributed by atoms with E-state index in [1.165, 1.54) is 13.2 Å². The summed E-state index contributed by atoms with van der Waals surface area (Å²) < 4.78 is 33.8. The minimum Gasteiger partial charge on any atom is -0.469 e. The number of hydrogen-bond donors (Lipinski definition) is 0. The van der Waals surface area contributed by atoms with E-state index in [1.54, 1.807) is 18.5 Å². The van der Waals surface area contributed by atoms with E-state index < -0.39 is 6.43 Å². The largest absolute Gasteiger partial charge is 0.469 e. The Morgan fingerprint density at radius 1 is 1.19 bits per heavy atom. The predicted molar refractivity (Wildman–Crippen MR) is 117 cm³/mol. The number of benzene rings is 1. The average molecular weight is 440 g/mol. The first kappa shape index (κ1) is 20.8. The monoisotopic (exact) mass is 440 g/mol. The molecular weight excluding hydrogens is 414 g/mol. The molecule has 0 atom stereocenters. The van der Waals surface area contributed by atoms with Gasteiger partial charge in [0.1, 0.15) is 0 Å². The molecule has 8 heteroatoms. The molecule has 0 radical (unpaired) electrons. The third kappa shape index (κ3) is 3.61. The van der Waals surface area contributed by atoms with Crippen molar-refractivity contribution < 1.29 is 18.3 Å². The fourth-order valence-corrected chi connectivity index (χ4v) is 5.12. The quantitative estimate of drug-likeness (QED) is 0.512. The smallest absolute Gasteiger partial charge is 0.308 e. The third-order valence-corrected chi connectivity index (χ3v) is 6.80. The van der Waals surface area contributed by atoms with Gasteiger partial charge in [-0.2, -0.15) is 5.10 Å². The molecule has 32 heavy (non-hydrogen) atoms. The molecule has 1 aliphatic carbocycles. The van der Waals surface area contributed by atoms with Crippen LogP contribution in [0.25, 0.3) is 10.9 Å². The summed E-state index contributed by atoms with van der Waals surface area (Å²) in [5.74, 6) is 0.565. The first-order valence-corrected chi connectivity index (χ1v) is 11.2. The highest BCUT2D eigenvalue weighted by Crippen LogP contribution is 2.41. The number of ether oxygens (including phenoxy) is 1. The molecule has 0 saturated heterocycles. The van der Waals surface area contributed by atoms with Crippen LogP contribution in [0.15, 0.2) is 36.7 Å². The maximum atomic E-state index is 13.4. The van der Waals surface area contributed by atoms with Crippen molar-refractivity contribution in [3.63, 3.8) is 0 Å². The van der Waals surface area contributed by atoms with Crippen molar-refractivity contribution in [2.75, 3.05) is 18.6 Å². The Morgan fingerprint density at radius 3 is 2.75 bits per heavy atom. The molecule has 6 nitrogen and oxygen atoms in total. The molecule has 168 valence electrons. The van der Waals surface area contributed by atoms with E-state index in [4.69, 9.17) is 9.84 Å². The van der Waals surface area contributed by atoms with Crippen LogP contribution in [0.5, 0.6) is 0 Å². The Labute approximate surface area is 185 Å². The summed E-state index contributed by atoms with van der Waals surface area (Å²) in [6.07, 6.45) is 6.05. The number of esters is 1. The summed E-state index contributed by atoms with van der Waals surface area (Å²) in [6, 6.07) is 7.06. The highest BCUT2D eigenvalue weighted by Gasteiger charge is 2.31. The van der Waals surface area contributed by atoms with Gasteiger partial charge in [0.25, 0.3) is 6.43 Å². The van der Waals surface area contributed by atoms with Crippen LogP contribution >= 0.6 is 0 Å². The van der Waals surface area contributed by atoms with Crippen molar-refractivity contribution in [3.8, 4) is 0 Å². The number of pyridine rings is 1. The summed E-state index contributed by atoms with van der Waals surface area (Å²) in [5.41, 5.74) is 2.87. The Hall–Kier alpha value is -3.03. The van der Waals surface area contributed by atoms with E-state index in [9.17, 15) is 13.6 Å². The third-order valence-electron chi connectivity index (χ3n) is 6.80. The molecule has 0 unspecified atom stereocenters. The summed E-state index contributed by atoms with van der Waals surface area (Å²) in [4.78, 5) is 18.3. The second-order valence-corrected chi connectivity index (χ2v) is 8.63. The standard InChI is InChI=1S/C24H26F2N4O2/c1-32-24(31)16-6-8-18(9-7-16)30-20-10-11-27-14-19(20)23(28-30)29-12-2-3-15-4-5-17(22(25)26)13-21(15)29/h4-5,10-11,13-14,16,18,22H,2-3,6-9,12H2,1H3. The molecule has 1 fully saturated rings. The Bertz CT molecular complexity index is 1140. The fourth-order valence-electron chi connectivity index (χ4n) is 5.12. The van der Waals surface area contributed by atoms with E-state index >= 15 is 0 Å². The number of hydrogen-bond acceptors (Lipinski definition) is 5. The molecule has 1 aromatic carbocycles. The molecule has 3 aromatic rings. The van der Waals surface area contributed by atoms with Gasteiger partial charge in [-0.25, -0.2) is 8.78 Å². The molecular formula is C24H26F2N4O2. The summed E-state index contributed by atoms with van der Waals surface area (Å²) >= 11 is 0. The van der Waals surface area contributed by atoms with Crippen LogP contribution in [0.4, 0.5) is 20.3 Å². The van der Waals surface area contributed by atoms with Gasteiger partial charge >= 0.3 is 5.97 Å². The zero-order valence-corrected chi connectivity index (χ0v) is 18.0. The average Bonchev–Trinajstić information content (AvgIpc) is 3.22. The topological polar surface area (TPSA) is 60.3 Å². The van der Waals surface area contributed by atoms with E-state index in [1.807, 2.05) is 16.8 Å².